The number of phenolic OH excluding ortho intramolecular Hbond substituents is 1. The molecule has 0 spiro atoms. The third-order valence-corrected chi connectivity index (χ3v) is 2.53. The first-order valence-electron chi connectivity index (χ1n) is 5.19. The normalized spacial score (nSPS) is 10.2. The van der Waals surface area contributed by atoms with Gasteiger partial charge in [0.1, 0.15) is 11.5 Å². The van der Waals surface area contributed by atoms with E-state index in [4.69, 9.17) is 4.74 Å². The summed E-state index contributed by atoms with van der Waals surface area (Å²) in [6.07, 6.45) is 1.11. The molecule has 0 aliphatic rings. The molecule has 0 aromatic heterocycles. The summed E-state index contributed by atoms with van der Waals surface area (Å²) < 4.78 is 5.19. The minimum Gasteiger partial charge on any atom is -0.507 e. The number of fused-ring (bicyclic) bond motifs is 1. The molecule has 2 aromatic carbocycles. The predicted octanol–water partition coefficient (Wildman–Crippen LogP) is 2.95. The number of esters is 1. The summed E-state index contributed by atoms with van der Waals surface area (Å²) in [6, 6.07) is 8.79. The van der Waals surface area contributed by atoms with E-state index in [9.17, 15) is 9.90 Å². The molecular weight excluding hydrogens is 216 g/mol. The Balaban J connectivity index is 2.69. The van der Waals surface area contributed by atoms with Gasteiger partial charge in [0.15, 0.2) is 0 Å². The quantitative estimate of drug-likeness (QED) is 0.488. The fourth-order valence-corrected chi connectivity index (χ4v) is 1.74. The van der Waals surface area contributed by atoms with E-state index < -0.39 is 5.97 Å². The van der Waals surface area contributed by atoms with Gasteiger partial charge in [-0.25, -0.2) is 4.79 Å². The third-order valence-electron chi connectivity index (χ3n) is 2.53. The molecule has 3 heteroatoms. The Labute approximate surface area is 99.0 Å². The summed E-state index contributed by atoms with van der Waals surface area (Å²) in [5, 5.41) is 11.2. The van der Waals surface area contributed by atoms with Crippen molar-refractivity contribution in [3.8, 4) is 11.5 Å². The molecule has 0 saturated carbocycles. The summed E-state index contributed by atoms with van der Waals surface area (Å²) in [6.45, 7) is 5.14. The highest BCUT2D eigenvalue weighted by atomic mass is 16.5. The molecule has 0 fully saturated rings. The lowest BCUT2D eigenvalue weighted by atomic mass is 10.0. The van der Waals surface area contributed by atoms with Gasteiger partial charge in [0.05, 0.1) is 0 Å². The highest BCUT2D eigenvalue weighted by Crippen LogP contribution is 2.35. The number of benzene rings is 2. The Kier molecular flexibility index (Phi) is 2.83. The summed E-state index contributed by atoms with van der Waals surface area (Å²) in [7, 11) is 0. The van der Waals surface area contributed by atoms with Gasteiger partial charge in [0, 0.05) is 16.8 Å². The summed E-state index contributed by atoms with van der Waals surface area (Å²) >= 11 is 0. The Morgan fingerprint density at radius 1 is 1.35 bits per heavy atom. The second-order valence-electron chi connectivity index (χ2n) is 3.71. The smallest absolute Gasteiger partial charge is 0.335 e. The van der Waals surface area contributed by atoms with Gasteiger partial charge in [0.25, 0.3) is 0 Å². The molecule has 2 aromatic rings. The molecule has 0 bridgehead atoms. The van der Waals surface area contributed by atoms with Gasteiger partial charge >= 0.3 is 5.97 Å². The van der Waals surface area contributed by atoms with Crippen molar-refractivity contribution >= 4 is 16.7 Å². The zero-order valence-corrected chi connectivity index (χ0v) is 9.43. The van der Waals surface area contributed by atoms with E-state index in [2.05, 4.69) is 6.58 Å². The largest absolute Gasteiger partial charge is 0.507 e. The maximum Gasteiger partial charge on any atom is 0.335 e. The van der Waals surface area contributed by atoms with Gasteiger partial charge in [-0.1, -0.05) is 30.8 Å². The van der Waals surface area contributed by atoms with Crippen LogP contribution in [0.5, 0.6) is 11.5 Å². The minimum absolute atomic E-state index is 0.177. The zero-order valence-electron chi connectivity index (χ0n) is 9.43. The summed E-state index contributed by atoms with van der Waals surface area (Å²) in [5.74, 6) is 0.128. The second kappa shape index (κ2) is 4.29. The third kappa shape index (κ3) is 1.99. The zero-order chi connectivity index (χ0) is 12.4. The number of carbonyl (C=O) groups excluding carboxylic acids is 1. The lowest BCUT2D eigenvalue weighted by Gasteiger charge is -2.10. The molecule has 0 amide bonds. The van der Waals surface area contributed by atoms with Gasteiger partial charge in [0.2, 0.25) is 0 Å². The Morgan fingerprint density at radius 3 is 2.65 bits per heavy atom. The number of hydrogen-bond acceptors (Lipinski definition) is 3. The van der Waals surface area contributed by atoms with Crippen LogP contribution in [0.15, 0.2) is 43.0 Å². The standard InChI is InChI=1S/C14H12O3/c1-3-13(16)17-14-9(2)8-12(15)10-6-4-5-7-11(10)14/h3-8,15H,1H2,2H3. The fraction of sp³-hybridized carbons (Fsp3) is 0.0714. The van der Waals surface area contributed by atoms with Crippen LogP contribution >= 0.6 is 0 Å². The number of aryl methyl sites for hydroxylation is 1. The lowest BCUT2D eigenvalue weighted by Crippen LogP contribution is -2.04. The molecule has 2 rings (SSSR count). The van der Waals surface area contributed by atoms with Crippen molar-refractivity contribution in [2.75, 3.05) is 0 Å². The predicted molar refractivity (Wildman–Crippen MR) is 66.2 cm³/mol. The Bertz CT molecular complexity index is 600. The van der Waals surface area contributed by atoms with Crippen molar-refractivity contribution in [2.45, 2.75) is 6.92 Å². The van der Waals surface area contributed by atoms with Crippen LogP contribution in [0.25, 0.3) is 10.8 Å². The van der Waals surface area contributed by atoms with Crippen LogP contribution < -0.4 is 4.74 Å². The molecule has 0 radical (unpaired) electrons. The summed E-state index contributed by atoms with van der Waals surface area (Å²) in [4.78, 5) is 11.3. The van der Waals surface area contributed by atoms with E-state index in [1.807, 2.05) is 12.1 Å². The summed E-state index contributed by atoms with van der Waals surface area (Å²) in [5.41, 5.74) is 0.705. The Hall–Kier alpha value is -2.29. The van der Waals surface area contributed by atoms with Gasteiger partial charge < -0.3 is 9.84 Å². The van der Waals surface area contributed by atoms with Crippen molar-refractivity contribution in [1.29, 1.82) is 0 Å². The average Bonchev–Trinajstić information content (AvgIpc) is 2.34. The van der Waals surface area contributed by atoms with Crippen LogP contribution in [0.2, 0.25) is 0 Å². The first-order valence-corrected chi connectivity index (χ1v) is 5.19. The highest BCUT2D eigenvalue weighted by Gasteiger charge is 2.11. The molecule has 0 atom stereocenters. The van der Waals surface area contributed by atoms with Gasteiger partial charge in [-0.05, 0) is 18.6 Å². The molecule has 17 heavy (non-hydrogen) atoms. The highest BCUT2D eigenvalue weighted by molar-refractivity contribution is 5.96. The molecule has 0 heterocycles. The van der Waals surface area contributed by atoms with Crippen molar-refractivity contribution in [1.82, 2.24) is 0 Å². The average molecular weight is 228 g/mol. The van der Waals surface area contributed by atoms with E-state index in [0.717, 1.165) is 6.08 Å². The van der Waals surface area contributed by atoms with E-state index >= 15 is 0 Å². The SMILES string of the molecule is C=CC(=O)Oc1c(C)cc(O)c2ccccc12. The Morgan fingerprint density at radius 2 is 2.00 bits per heavy atom. The van der Waals surface area contributed by atoms with Crippen molar-refractivity contribution in [3.05, 3.63) is 48.6 Å². The number of ether oxygens (including phenoxy) is 1. The second-order valence-corrected chi connectivity index (χ2v) is 3.71. The number of phenols is 1. The van der Waals surface area contributed by atoms with Gasteiger partial charge in [-0.15, -0.1) is 0 Å². The number of aromatic hydroxyl groups is 1. The molecule has 3 nitrogen and oxygen atoms in total. The molecule has 0 aliphatic heterocycles. The van der Waals surface area contributed by atoms with Crippen molar-refractivity contribution in [2.24, 2.45) is 0 Å². The van der Waals surface area contributed by atoms with E-state index in [-0.39, 0.29) is 5.75 Å². The monoisotopic (exact) mass is 228 g/mol. The van der Waals surface area contributed by atoms with E-state index in [1.54, 1.807) is 25.1 Å². The van der Waals surface area contributed by atoms with Gasteiger partial charge in [-0.2, -0.15) is 0 Å². The number of hydrogen-bond donors (Lipinski definition) is 1. The number of rotatable bonds is 2. The topological polar surface area (TPSA) is 46.5 Å². The molecule has 1 N–H and O–H groups in total. The van der Waals surface area contributed by atoms with E-state index in [1.165, 1.54) is 0 Å². The molecule has 0 unspecified atom stereocenters. The van der Waals surface area contributed by atoms with Crippen LogP contribution in [0.3, 0.4) is 0 Å². The van der Waals surface area contributed by atoms with Crippen LogP contribution in [-0.4, -0.2) is 11.1 Å². The minimum atomic E-state index is -0.510. The molecule has 0 aliphatic carbocycles. The molecular formula is C14H12O3. The number of carbonyl (C=O) groups is 1. The van der Waals surface area contributed by atoms with Crippen molar-refractivity contribution in [3.63, 3.8) is 0 Å². The van der Waals surface area contributed by atoms with Crippen molar-refractivity contribution < 1.29 is 14.6 Å². The van der Waals surface area contributed by atoms with E-state index in [0.29, 0.717) is 22.1 Å². The first-order chi connectivity index (χ1) is 8.13. The maximum atomic E-state index is 11.3. The molecule has 0 saturated heterocycles. The maximum absolute atomic E-state index is 11.3. The van der Waals surface area contributed by atoms with Crippen LogP contribution in [-0.2, 0) is 4.79 Å². The van der Waals surface area contributed by atoms with Crippen LogP contribution in [0, 0.1) is 6.92 Å². The molecule has 86 valence electrons. The lowest BCUT2D eigenvalue weighted by molar-refractivity contribution is -0.128. The van der Waals surface area contributed by atoms with Crippen LogP contribution in [0.4, 0.5) is 0 Å². The first kappa shape index (κ1) is 11.2. The fourth-order valence-electron chi connectivity index (χ4n) is 1.74. The van der Waals surface area contributed by atoms with Crippen LogP contribution in [0.1, 0.15) is 5.56 Å². The van der Waals surface area contributed by atoms with Gasteiger partial charge in [-0.3, -0.25) is 0 Å².